The van der Waals surface area contributed by atoms with Gasteiger partial charge in [-0.15, -0.1) is 0 Å². The van der Waals surface area contributed by atoms with Crippen molar-refractivity contribution in [3.63, 3.8) is 0 Å². The van der Waals surface area contributed by atoms with Gasteiger partial charge < -0.3 is 10.6 Å². The van der Waals surface area contributed by atoms with Crippen LogP contribution in [0, 0.1) is 27.7 Å². The van der Waals surface area contributed by atoms with E-state index in [2.05, 4.69) is 236 Å². The minimum absolute atomic E-state index is 0.0676. The Labute approximate surface area is 370 Å². The molecule has 1 aliphatic carbocycles. The van der Waals surface area contributed by atoms with Crippen molar-refractivity contribution >= 4 is 22.1 Å². The first kappa shape index (κ1) is 41.0. The minimum Gasteiger partial charge on any atom is -0.375 e. The average Bonchev–Trinajstić information content (AvgIpc) is 3.64. The van der Waals surface area contributed by atoms with E-state index in [1.54, 1.807) is 0 Å². The summed E-state index contributed by atoms with van der Waals surface area (Å²) in [7, 11) is 0. The van der Waals surface area contributed by atoms with Gasteiger partial charge in [0.2, 0.25) is 0 Å². The first-order valence-corrected chi connectivity index (χ1v) is 22.6. The van der Waals surface area contributed by atoms with E-state index in [9.17, 15) is 0 Å². The molecule has 8 aromatic carbocycles. The largest absolute Gasteiger partial charge is 0.375 e. The Kier molecular flexibility index (Phi) is 11.4. The fraction of sp³-hybridized carbons (Fsp3) is 0.233. The van der Waals surface area contributed by atoms with Crippen LogP contribution in [0.2, 0.25) is 0 Å². The smallest absolute Gasteiger partial charge is 0.0766 e. The zero-order valence-corrected chi connectivity index (χ0v) is 37.6. The van der Waals surface area contributed by atoms with Crippen LogP contribution in [0.4, 0.5) is 11.4 Å². The normalized spacial score (nSPS) is 16.5. The summed E-state index contributed by atoms with van der Waals surface area (Å²) in [6.07, 6.45) is 0. The maximum atomic E-state index is 4.46. The molecule has 1 aliphatic rings. The quantitative estimate of drug-likeness (QED) is 0.128. The molecule has 0 bridgehead atoms. The van der Waals surface area contributed by atoms with Gasteiger partial charge in [-0.1, -0.05) is 209 Å². The molecule has 2 nitrogen and oxygen atoms in total. The van der Waals surface area contributed by atoms with Crippen molar-refractivity contribution in [3.8, 4) is 0 Å². The van der Waals surface area contributed by atoms with Gasteiger partial charge in [0.15, 0.2) is 0 Å². The molecular weight excluding hydrogens is 749 g/mol. The Balaban J connectivity index is 1.28. The van der Waals surface area contributed by atoms with E-state index in [4.69, 9.17) is 0 Å². The van der Waals surface area contributed by atoms with Crippen molar-refractivity contribution in [2.45, 2.75) is 91.1 Å². The van der Waals surface area contributed by atoms with E-state index in [0.29, 0.717) is 0 Å². The Morgan fingerprint density at radius 3 is 0.903 bits per heavy atom. The molecular formula is C60H60N2. The van der Waals surface area contributed by atoms with Crippen LogP contribution in [0.5, 0.6) is 0 Å². The summed E-state index contributed by atoms with van der Waals surface area (Å²) < 4.78 is 0. The molecule has 9 rings (SSSR count). The Hall–Kier alpha value is -6.38. The summed E-state index contributed by atoms with van der Waals surface area (Å²) >= 11 is 0. The third kappa shape index (κ3) is 7.62. The molecule has 0 radical (unpaired) electrons. The van der Waals surface area contributed by atoms with Crippen molar-refractivity contribution < 1.29 is 0 Å². The molecule has 0 spiro atoms. The summed E-state index contributed by atoms with van der Waals surface area (Å²) in [5.74, 6) is 0.677. The van der Waals surface area contributed by atoms with Crippen molar-refractivity contribution in [2.24, 2.45) is 0 Å². The molecule has 6 atom stereocenters. The van der Waals surface area contributed by atoms with Gasteiger partial charge in [0.1, 0.15) is 0 Å². The van der Waals surface area contributed by atoms with Crippen molar-refractivity contribution in [3.05, 3.63) is 248 Å². The van der Waals surface area contributed by atoms with E-state index in [1.807, 2.05) is 0 Å². The highest BCUT2D eigenvalue weighted by Crippen LogP contribution is 2.53. The highest BCUT2D eigenvalue weighted by molar-refractivity contribution is 5.95. The predicted octanol–water partition coefficient (Wildman–Crippen LogP) is 16.0. The number of benzene rings is 8. The molecule has 0 heterocycles. The molecule has 310 valence electrons. The van der Waals surface area contributed by atoms with Crippen LogP contribution >= 0.6 is 0 Å². The van der Waals surface area contributed by atoms with Gasteiger partial charge in [-0.05, 0) is 105 Å². The van der Waals surface area contributed by atoms with Gasteiger partial charge in [0.05, 0.1) is 12.1 Å². The highest BCUT2D eigenvalue weighted by Gasteiger charge is 2.39. The maximum absolute atomic E-state index is 4.46. The number of aryl methyl sites for hydroxylation is 4. The molecule has 0 aromatic heterocycles. The zero-order chi connectivity index (χ0) is 43.1. The van der Waals surface area contributed by atoms with Crippen LogP contribution < -0.4 is 10.6 Å². The SMILES string of the molecule is Cc1cc([C@H](C)c2ccccc2)c(NC2c3c(C)ccc4ccc(C)c(c34)C2Nc2c([C@H](C)c3ccccc3)cc(C)cc2[C@H](C)c2ccccc2)c([C@H](C)c2ccccc2)c1. The topological polar surface area (TPSA) is 24.1 Å². The third-order valence-electron chi connectivity index (χ3n) is 14.0. The first-order valence-electron chi connectivity index (χ1n) is 22.6. The van der Waals surface area contributed by atoms with E-state index in [1.165, 1.54) is 100 Å². The van der Waals surface area contributed by atoms with Crippen molar-refractivity contribution in [1.82, 2.24) is 0 Å². The number of nitrogens with one attached hydrogen (secondary N) is 2. The standard InChI is InChI=1S/C60H60N2/c1-37-33-50(41(5)45-21-13-9-14-22-45)57(51(34-37)42(6)46-23-15-10-16-24-46)61-59-54-39(3)29-31-49-32-30-40(4)55(56(49)54)60(59)62-58-52(43(7)47-25-17-11-18-26-47)35-38(2)36-53(58)44(8)48-27-19-12-20-28-48/h9-36,41-44,59-62H,1-8H3/t41-,42-,43-,44-,59?,60?/m1/s1. The molecule has 2 N–H and O–H groups in total. The van der Waals surface area contributed by atoms with Crippen LogP contribution in [0.25, 0.3) is 10.8 Å². The monoisotopic (exact) mass is 808 g/mol. The second-order valence-electron chi connectivity index (χ2n) is 18.1. The van der Waals surface area contributed by atoms with E-state index >= 15 is 0 Å². The van der Waals surface area contributed by atoms with Crippen LogP contribution in [-0.4, -0.2) is 0 Å². The molecule has 0 amide bonds. The van der Waals surface area contributed by atoms with Gasteiger partial charge >= 0.3 is 0 Å². The lowest BCUT2D eigenvalue weighted by Gasteiger charge is -2.34. The van der Waals surface area contributed by atoms with Crippen LogP contribution in [-0.2, 0) is 0 Å². The Morgan fingerprint density at radius 2 is 0.629 bits per heavy atom. The summed E-state index contributed by atoms with van der Waals surface area (Å²) in [5, 5.41) is 11.6. The Morgan fingerprint density at radius 1 is 0.355 bits per heavy atom. The minimum atomic E-state index is -0.0676. The van der Waals surface area contributed by atoms with Gasteiger partial charge in [0.25, 0.3) is 0 Å². The lowest BCUT2D eigenvalue weighted by Crippen LogP contribution is -2.26. The fourth-order valence-electron chi connectivity index (χ4n) is 10.5. The number of hydrogen-bond acceptors (Lipinski definition) is 2. The van der Waals surface area contributed by atoms with Gasteiger partial charge in [-0.25, -0.2) is 0 Å². The number of hydrogen-bond donors (Lipinski definition) is 2. The molecule has 62 heavy (non-hydrogen) atoms. The molecule has 8 aromatic rings. The number of rotatable bonds is 12. The van der Waals surface area contributed by atoms with Gasteiger partial charge in [0, 0.05) is 35.0 Å². The predicted molar refractivity (Wildman–Crippen MR) is 264 cm³/mol. The lowest BCUT2D eigenvalue weighted by atomic mass is 9.83. The summed E-state index contributed by atoms with van der Waals surface area (Å²) in [6.45, 7) is 18.7. The molecule has 0 aliphatic heterocycles. The molecule has 0 fully saturated rings. The van der Waals surface area contributed by atoms with Crippen molar-refractivity contribution in [1.29, 1.82) is 0 Å². The summed E-state index contributed by atoms with van der Waals surface area (Å²) in [5.41, 5.74) is 21.0. The van der Waals surface area contributed by atoms with E-state index in [0.717, 1.165) is 0 Å². The van der Waals surface area contributed by atoms with E-state index < -0.39 is 0 Å². The summed E-state index contributed by atoms with van der Waals surface area (Å²) in [4.78, 5) is 0. The molecule has 2 heteroatoms. The molecule has 2 unspecified atom stereocenters. The second kappa shape index (κ2) is 17.2. The molecule has 0 saturated carbocycles. The third-order valence-corrected chi connectivity index (χ3v) is 14.0. The lowest BCUT2D eigenvalue weighted by molar-refractivity contribution is 0.667. The fourth-order valence-corrected chi connectivity index (χ4v) is 10.5. The average molecular weight is 809 g/mol. The van der Waals surface area contributed by atoms with E-state index in [-0.39, 0.29) is 35.8 Å². The van der Waals surface area contributed by atoms with Gasteiger partial charge in [-0.3, -0.25) is 0 Å². The van der Waals surface area contributed by atoms with Crippen LogP contribution in [0.1, 0.15) is 141 Å². The highest BCUT2D eigenvalue weighted by atomic mass is 15.1. The summed E-state index contributed by atoms with van der Waals surface area (Å²) in [6, 6.07) is 63.0. The number of anilines is 2. The zero-order valence-electron chi connectivity index (χ0n) is 37.6. The second-order valence-corrected chi connectivity index (χ2v) is 18.1. The molecule has 0 saturated heterocycles. The van der Waals surface area contributed by atoms with Gasteiger partial charge in [-0.2, -0.15) is 0 Å². The maximum Gasteiger partial charge on any atom is 0.0766 e. The van der Waals surface area contributed by atoms with Crippen LogP contribution in [0.15, 0.2) is 170 Å². The van der Waals surface area contributed by atoms with Crippen molar-refractivity contribution in [2.75, 3.05) is 10.6 Å². The Bertz CT molecular complexity index is 2520. The van der Waals surface area contributed by atoms with Crippen LogP contribution in [0.3, 0.4) is 0 Å². The first-order chi connectivity index (χ1) is 30.1.